The third kappa shape index (κ3) is 5.56. The number of alkyl halides is 3. The minimum atomic E-state index is -4.54. The number of anilines is 1. The second kappa shape index (κ2) is 10.3. The molecule has 37 heavy (non-hydrogen) atoms. The molecule has 3 heterocycles. The lowest BCUT2D eigenvalue weighted by molar-refractivity contribution is -0.142. The Bertz CT molecular complexity index is 1290. The molecule has 3 aromatic rings. The summed E-state index contributed by atoms with van der Waals surface area (Å²) in [5, 5.41) is 9.09. The van der Waals surface area contributed by atoms with Crippen molar-refractivity contribution in [1.29, 1.82) is 0 Å². The van der Waals surface area contributed by atoms with Crippen LogP contribution in [-0.2, 0) is 28.7 Å². The number of amides is 2. The molecular formula is C26H28F3N5O2S. The molecule has 0 radical (unpaired) electrons. The van der Waals surface area contributed by atoms with Crippen molar-refractivity contribution in [3.8, 4) is 0 Å². The highest BCUT2D eigenvalue weighted by Crippen LogP contribution is 2.34. The SMILES string of the molecule is Cc1cc(C(F)(F)F)nn1CC(=O)N1CCC(c2csc(NC(=O)C3CCCc4ccccc43)n2)CC1. The summed E-state index contributed by atoms with van der Waals surface area (Å²) >= 11 is 1.40. The minimum Gasteiger partial charge on any atom is -0.341 e. The van der Waals surface area contributed by atoms with E-state index in [9.17, 15) is 22.8 Å². The third-order valence-corrected chi connectivity index (χ3v) is 8.04. The summed E-state index contributed by atoms with van der Waals surface area (Å²) in [5.74, 6) is -0.296. The molecule has 11 heteroatoms. The molecule has 0 bridgehead atoms. The summed E-state index contributed by atoms with van der Waals surface area (Å²) < 4.78 is 39.8. The van der Waals surface area contributed by atoms with E-state index in [0.717, 1.165) is 41.3 Å². The Kier molecular flexibility index (Phi) is 7.06. The fraction of sp³-hybridized carbons (Fsp3) is 0.462. The van der Waals surface area contributed by atoms with Gasteiger partial charge in [-0.1, -0.05) is 24.3 Å². The van der Waals surface area contributed by atoms with E-state index in [1.165, 1.54) is 23.8 Å². The molecule has 2 amide bonds. The van der Waals surface area contributed by atoms with Crippen LogP contribution in [0.3, 0.4) is 0 Å². The number of carbonyl (C=O) groups excluding carboxylic acids is 2. The van der Waals surface area contributed by atoms with Gasteiger partial charge in [0, 0.05) is 30.1 Å². The Labute approximate surface area is 216 Å². The Morgan fingerprint density at radius 3 is 2.65 bits per heavy atom. The van der Waals surface area contributed by atoms with Crippen molar-refractivity contribution in [3.05, 3.63) is 63.9 Å². The first-order chi connectivity index (χ1) is 17.7. The predicted octanol–water partition coefficient (Wildman–Crippen LogP) is 5.13. The van der Waals surface area contributed by atoms with Crippen molar-refractivity contribution < 1.29 is 22.8 Å². The molecule has 1 aromatic carbocycles. The van der Waals surface area contributed by atoms with Crippen LogP contribution in [0.2, 0.25) is 0 Å². The zero-order chi connectivity index (χ0) is 26.2. The van der Waals surface area contributed by atoms with E-state index in [4.69, 9.17) is 0 Å². The Morgan fingerprint density at radius 1 is 1.16 bits per heavy atom. The second-order valence-corrected chi connectivity index (χ2v) is 10.5. The molecule has 1 aliphatic heterocycles. The molecule has 1 saturated heterocycles. The fourth-order valence-electron chi connectivity index (χ4n) is 5.21. The number of hydrogen-bond donors (Lipinski definition) is 1. The highest BCUT2D eigenvalue weighted by Gasteiger charge is 2.35. The van der Waals surface area contributed by atoms with E-state index in [2.05, 4.69) is 21.5 Å². The van der Waals surface area contributed by atoms with E-state index >= 15 is 0 Å². The third-order valence-electron chi connectivity index (χ3n) is 7.26. The summed E-state index contributed by atoms with van der Waals surface area (Å²) in [6.45, 7) is 2.28. The fourth-order valence-corrected chi connectivity index (χ4v) is 6.01. The van der Waals surface area contributed by atoms with Crippen LogP contribution < -0.4 is 5.32 Å². The highest BCUT2D eigenvalue weighted by atomic mass is 32.1. The summed E-state index contributed by atoms with van der Waals surface area (Å²) in [6.07, 6.45) is -0.333. The van der Waals surface area contributed by atoms with Crippen LogP contribution in [0.15, 0.2) is 35.7 Å². The van der Waals surface area contributed by atoms with Gasteiger partial charge in [0.05, 0.1) is 11.6 Å². The first kappa shape index (κ1) is 25.4. The van der Waals surface area contributed by atoms with Gasteiger partial charge >= 0.3 is 6.18 Å². The molecule has 1 aliphatic carbocycles. The predicted molar refractivity (Wildman–Crippen MR) is 133 cm³/mol. The molecule has 196 valence electrons. The molecule has 1 N–H and O–H groups in total. The minimum absolute atomic E-state index is 0.0314. The van der Waals surface area contributed by atoms with E-state index in [-0.39, 0.29) is 30.2 Å². The van der Waals surface area contributed by atoms with Crippen molar-refractivity contribution in [2.75, 3.05) is 18.4 Å². The highest BCUT2D eigenvalue weighted by molar-refractivity contribution is 7.13. The number of likely N-dealkylation sites (tertiary alicyclic amines) is 1. The van der Waals surface area contributed by atoms with Crippen molar-refractivity contribution in [1.82, 2.24) is 19.7 Å². The first-order valence-corrected chi connectivity index (χ1v) is 13.3. The summed E-state index contributed by atoms with van der Waals surface area (Å²) in [5.41, 5.74) is 2.53. The van der Waals surface area contributed by atoms with Gasteiger partial charge in [-0.2, -0.15) is 18.3 Å². The number of rotatable bonds is 5. The first-order valence-electron chi connectivity index (χ1n) is 12.4. The number of thiazole rings is 1. The van der Waals surface area contributed by atoms with Crippen LogP contribution in [0.1, 0.15) is 65.7 Å². The van der Waals surface area contributed by atoms with Crippen LogP contribution in [0.25, 0.3) is 0 Å². The number of benzene rings is 1. The van der Waals surface area contributed by atoms with Gasteiger partial charge in [0.1, 0.15) is 6.54 Å². The zero-order valence-electron chi connectivity index (χ0n) is 20.4. The summed E-state index contributed by atoms with van der Waals surface area (Å²) in [7, 11) is 0. The lowest BCUT2D eigenvalue weighted by Crippen LogP contribution is -2.40. The number of aromatic nitrogens is 3. The molecule has 7 nitrogen and oxygen atoms in total. The smallest absolute Gasteiger partial charge is 0.341 e. The van der Waals surface area contributed by atoms with Crippen molar-refractivity contribution in [2.45, 2.75) is 63.6 Å². The molecule has 2 aromatic heterocycles. The van der Waals surface area contributed by atoms with Crippen molar-refractivity contribution in [2.24, 2.45) is 0 Å². The van der Waals surface area contributed by atoms with Gasteiger partial charge in [0.2, 0.25) is 11.8 Å². The number of nitrogens with zero attached hydrogens (tertiary/aromatic N) is 4. The maximum atomic E-state index is 13.0. The van der Waals surface area contributed by atoms with Crippen molar-refractivity contribution >= 4 is 28.3 Å². The number of aryl methyl sites for hydroxylation is 2. The Hall–Kier alpha value is -3.21. The maximum absolute atomic E-state index is 13.0. The Morgan fingerprint density at radius 2 is 1.92 bits per heavy atom. The number of carbonyl (C=O) groups is 2. The van der Waals surface area contributed by atoms with Crippen LogP contribution in [-0.4, -0.2) is 44.6 Å². The number of piperidine rings is 1. The van der Waals surface area contributed by atoms with E-state index in [0.29, 0.717) is 36.8 Å². The molecule has 5 rings (SSSR count). The normalized spacial score (nSPS) is 18.5. The van der Waals surface area contributed by atoms with Gasteiger partial charge < -0.3 is 10.2 Å². The number of nitrogens with one attached hydrogen (secondary N) is 1. The van der Waals surface area contributed by atoms with Crippen molar-refractivity contribution in [3.63, 3.8) is 0 Å². The van der Waals surface area contributed by atoms with Gasteiger partial charge in [0.15, 0.2) is 10.8 Å². The van der Waals surface area contributed by atoms with Crippen LogP contribution >= 0.6 is 11.3 Å². The Balaban J connectivity index is 1.15. The van der Waals surface area contributed by atoms with E-state index in [1.54, 1.807) is 4.90 Å². The molecular weight excluding hydrogens is 503 g/mol. The van der Waals surface area contributed by atoms with Gasteiger partial charge in [0.25, 0.3) is 0 Å². The molecule has 0 spiro atoms. The monoisotopic (exact) mass is 531 g/mol. The standard InChI is InChI=1S/C26H28F3N5O2S/c1-16-13-22(26(27,28)29)32-34(16)14-23(35)33-11-9-18(10-12-33)21-15-37-25(30-21)31-24(36)20-8-4-6-17-5-2-3-7-19(17)20/h2-3,5,7,13,15,18,20H,4,6,8-12,14H2,1H3,(H,30,31,36). The van der Waals surface area contributed by atoms with Crippen LogP contribution in [0.5, 0.6) is 0 Å². The molecule has 1 atom stereocenters. The number of fused-ring (bicyclic) bond motifs is 1. The quantitative estimate of drug-likeness (QED) is 0.495. The average molecular weight is 532 g/mol. The average Bonchev–Trinajstić information content (AvgIpc) is 3.50. The second-order valence-electron chi connectivity index (χ2n) is 9.69. The largest absolute Gasteiger partial charge is 0.435 e. The van der Waals surface area contributed by atoms with Crippen LogP contribution in [0, 0.1) is 6.92 Å². The van der Waals surface area contributed by atoms with Gasteiger partial charge in [-0.15, -0.1) is 11.3 Å². The molecule has 2 aliphatic rings. The summed E-state index contributed by atoms with van der Waals surface area (Å²) in [6, 6.07) is 9.05. The van der Waals surface area contributed by atoms with E-state index in [1.807, 2.05) is 23.6 Å². The number of halogens is 3. The molecule has 1 fully saturated rings. The van der Waals surface area contributed by atoms with Gasteiger partial charge in [-0.25, -0.2) is 4.98 Å². The van der Waals surface area contributed by atoms with Crippen LogP contribution in [0.4, 0.5) is 18.3 Å². The zero-order valence-corrected chi connectivity index (χ0v) is 21.2. The molecule has 1 unspecified atom stereocenters. The number of hydrogen-bond acceptors (Lipinski definition) is 5. The lowest BCUT2D eigenvalue weighted by atomic mass is 9.82. The summed E-state index contributed by atoms with van der Waals surface area (Å²) in [4.78, 5) is 32.0. The van der Waals surface area contributed by atoms with Gasteiger partial charge in [-0.05, 0) is 56.2 Å². The lowest BCUT2D eigenvalue weighted by Gasteiger charge is -2.31. The van der Waals surface area contributed by atoms with Gasteiger partial charge in [-0.3, -0.25) is 14.3 Å². The molecule has 0 saturated carbocycles. The van der Waals surface area contributed by atoms with E-state index < -0.39 is 11.9 Å². The maximum Gasteiger partial charge on any atom is 0.435 e. The topological polar surface area (TPSA) is 80.1 Å².